The maximum atomic E-state index is 12.6. The van der Waals surface area contributed by atoms with Crippen molar-refractivity contribution < 1.29 is 4.79 Å². The van der Waals surface area contributed by atoms with E-state index >= 15 is 0 Å². The van der Waals surface area contributed by atoms with Crippen molar-refractivity contribution in [3.05, 3.63) is 12.7 Å². The lowest BCUT2D eigenvalue weighted by atomic mass is 9.71. The van der Waals surface area contributed by atoms with Crippen molar-refractivity contribution in [3.8, 4) is 0 Å². The molecule has 0 atom stereocenters. The van der Waals surface area contributed by atoms with Crippen molar-refractivity contribution in [2.45, 2.75) is 64.8 Å². The zero-order valence-corrected chi connectivity index (χ0v) is 12.9. The molecule has 3 nitrogen and oxygen atoms in total. The Morgan fingerprint density at radius 3 is 2.32 bits per heavy atom. The third kappa shape index (κ3) is 4.34. The molecular weight excluding hydrogens is 236 g/mol. The van der Waals surface area contributed by atoms with E-state index in [4.69, 9.17) is 5.73 Å². The highest BCUT2D eigenvalue weighted by molar-refractivity contribution is 5.78. The number of carbonyl (C=O) groups excluding carboxylic acids is 1. The molecule has 0 saturated heterocycles. The summed E-state index contributed by atoms with van der Waals surface area (Å²) in [6.45, 7) is 11.2. The molecule has 3 heteroatoms. The van der Waals surface area contributed by atoms with Gasteiger partial charge in [0, 0.05) is 18.5 Å². The SMILES string of the molecule is C=CCN(C(=O)CC1(CN)CCCCC1)C(C)(C)C. The van der Waals surface area contributed by atoms with E-state index in [1.54, 1.807) is 6.08 Å². The van der Waals surface area contributed by atoms with Gasteiger partial charge in [0.05, 0.1) is 0 Å². The third-order valence-electron chi connectivity index (χ3n) is 4.30. The van der Waals surface area contributed by atoms with Crippen LogP contribution in [0.1, 0.15) is 59.3 Å². The molecule has 2 N–H and O–H groups in total. The number of nitrogens with two attached hydrogens (primary N) is 1. The zero-order valence-electron chi connectivity index (χ0n) is 12.9. The molecule has 1 amide bonds. The Bertz CT molecular complexity index is 311. The number of carbonyl (C=O) groups is 1. The zero-order chi connectivity index (χ0) is 14.5. The van der Waals surface area contributed by atoms with Crippen LogP contribution in [0.4, 0.5) is 0 Å². The van der Waals surface area contributed by atoms with Crippen molar-refractivity contribution in [2.75, 3.05) is 13.1 Å². The molecule has 0 aromatic heterocycles. The van der Waals surface area contributed by atoms with Gasteiger partial charge in [-0.3, -0.25) is 4.79 Å². The van der Waals surface area contributed by atoms with Crippen LogP contribution in [0, 0.1) is 5.41 Å². The van der Waals surface area contributed by atoms with Crippen LogP contribution in [0.25, 0.3) is 0 Å². The number of hydrogen-bond donors (Lipinski definition) is 1. The molecule has 1 saturated carbocycles. The smallest absolute Gasteiger partial charge is 0.223 e. The fourth-order valence-corrected chi connectivity index (χ4v) is 3.05. The monoisotopic (exact) mass is 266 g/mol. The lowest BCUT2D eigenvalue weighted by Crippen LogP contribution is -2.48. The van der Waals surface area contributed by atoms with Gasteiger partial charge in [0.15, 0.2) is 0 Å². The van der Waals surface area contributed by atoms with E-state index in [1.165, 1.54) is 19.3 Å². The summed E-state index contributed by atoms with van der Waals surface area (Å²) in [4.78, 5) is 14.6. The molecule has 0 aromatic carbocycles. The minimum absolute atomic E-state index is 0.0417. The van der Waals surface area contributed by atoms with Gasteiger partial charge in [0.2, 0.25) is 5.91 Å². The first-order valence-electron chi connectivity index (χ1n) is 7.46. The standard InChI is InChI=1S/C16H30N2O/c1-5-11-18(15(2,3)4)14(19)12-16(13-17)9-7-6-8-10-16/h5H,1,6-13,17H2,2-4H3. The first-order valence-corrected chi connectivity index (χ1v) is 7.46. The summed E-state index contributed by atoms with van der Waals surface area (Å²) in [5.74, 6) is 0.222. The van der Waals surface area contributed by atoms with Crippen LogP contribution in [0.5, 0.6) is 0 Å². The summed E-state index contributed by atoms with van der Waals surface area (Å²) < 4.78 is 0. The van der Waals surface area contributed by atoms with E-state index in [1.807, 2.05) is 4.90 Å². The summed E-state index contributed by atoms with van der Waals surface area (Å²) in [6, 6.07) is 0. The molecule has 0 bridgehead atoms. The lowest BCUT2D eigenvalue weighted by molar-refractivity contribution is -0.138. The maximum absolute atomic E-state index is 12.6. The number of rotatable bonds is 5. The van der Waals surface area contributed by atoms with E-state index in [2.05, 4.69) is 27.4 Å². The van der Waals surface area contributed by atoms with Crippen LogP contribution in [0.3, 0.4) is 0 Å². The summed E-state index contributed by atoms with van der Waals surface area (Å²) in [6.07, 6.45) is 8.30. The highest BCUT2D eigenvalue weighted by Crippen LogP contribution is 2.39. The van der Waals surface area contributed by atoms with E-state index < -0.39 is 0 Å². The summed E-state index contributed by atoms with van der Waals surface area (Å²) >= 11 is 0. The fourth-order valence-electron chi connectivity index (χ4n) is 3.05. The molecule has 0 spiro atoms. The summed E-state index contributed by atoms with van der Waals surface area (Å²) in [5.41, 5.74) is 5.86. The minimum atomic E-state index is -0.157. The van der Waals surface area contributed by atoms with Gasteiger partial charge in [0.25, 0.3) is 0 Å². The van der Waals surface area contributed by atoms with Gasteiger partial charge >= 0.3 is 0 Å². The molecule has 1 rings (SSSR count). The van der Waals surface area contributed by atoms with Gasteiger partial charge in [-0.2, -0.15) is 0 Å². The normalized spacial score (nSPS) is 18.9. The first-order chi connectivity index (χ1) is 8.84. The Morgan fingerprint density at radius 1 is 1.32 bits per heavy atom. The van der Waals surface area contributed by atoms with Crippen LogP contribution in [0.2, 0.25) is 0 Å². The molecule has 1 aliphatic carbocycles. The highest BCUT2D eigenvalue weighted by atomic mass is 16.2. The fraction of sp³-hybridized carbons (Fsp3) is 0.812. The number of nitrogens with zero attached hydrogens (tertiary/aromatic N) is 1. The highest BCUT2D eigenvalue weighted by Gasteiger charge is 2.36. The van der Waals surface area contributed by atoms with Crippen LogP contribution in [-0.4, -0.2) is 29.4 Å². The predicted molar refractivity (Wildman–Crippen MR) is 80.9 cm³/mol. The van der Waals surface area contributed by atoms with Crippen molar-refractivity contribution in [3.63, 3.8) is 0 Å². The number of hydrogen-bond acceptors (Lipinski definition) is 2. The molecule has 1 aliphatic rings. The molecule has 0 aliphatic heterocycles. The molecule has 1 fully saturated rings. The van der Waals surface area contributed by atoms with E-state index in [-0.39, 0.29) is 16.9 Å². The number of amides is 1. The Hall–Kier alpha value is -0.830. The second kappa shape index (κ2) is 6.56. The van der Waals surface area contributed by atoms with Crippen LogP contribution < -0.4 is 5.73 Å². The second-order valence-electron chi connectivity index (χ2n) is 6.91. The topological polar surface area (TPSA) is 46.3 Å². The molecule has 0 aromatic rings. The van der Waals surface area contributed by atoms with E-state index in [9.17, 15) is 4.79 Å². The summed E-state index contributed by atoms with van der Waals surface area (Å²) in [5, 5.41) is 0. The van der Waals surface area contributed by atoms with Crippen molar-refractivity contribution in [1.82, 2.24) is 4.90 Å². The van der Waals surface area contributed by atoms with Gasteiger partial charge in [-0.1, -0.05) is 25.3 Å². The quantitative estimate of drug-likeness (QED) is 0.777. The molecule has 110 valence electrons. The van der Waals surface area contributed by atoms with Crippen LogP contribution in [-0.2, 0) is 4.79 Å². The molecule has 0 radical (unpaired) electrons. The maximum Gasteiger partial charge on any atom is 0.223 e. The molecular formula is C16H30N2O. The van der Waals surface area contributed by atoms with Gasteiger partial charge in [0.1, 0.15) is 0 Å². The molecule has 0 unspecified atom stereocenters. The van der Waals surface area contributed by atoms with Crippen LogP contribution in [0.15, 0.2) is 12.7 Å². The lowest BCUT2D eigenvalue weighted by Gasteiger charge is -2.40. The Labute approximate surface area is 118 Å². The second-order valence-corrected chi connectivity index (χ2v) is 6.91. The third-order valence-corrected chi connectivity index (χ3v) is 4.30. The van der Waals surface area contributed by atoms with Crippen LogP contribution >= 0.6 is 0 Å². The van der Waals surface area contributed by atoms with Crippen molar-refractivity contribution >= 4 is 5.91 Å². The summed E-state index contributed by atoms with van der Waals surface area (Å²) in [7, 11) is 0. The van der Waals surface area contributed by atoms with E-state index in [0.29, 0.717) is 19.5 Å². The average molecular weight is 266 g/mol. The van der Waals surface area contributed by atoms with Gasteiger partial charge in [-0.15, -0.1) is 6.58 Å². The van der Waals surface area contributed by atoms with Gasteiger partial charge in [-0.25, -0.2) is 0 Å². The average Bonchev–Trinajstić information content (AvgIpc) is 2.35. The van der Waals surface area contributed by atoms with E-state index in [0.717, 1.165) is 12.8 Å². The molecule has 0 heterocycles. The van der Waals surface area contributed by atoms with Crippen molar-refractivity contribution in [1.29, 1.82) is 0 Å². The van der Waals surface area contributed by atoms with Gasteiger partial charge in [-0.05, 0) is 45.6 Å². The Kier molecular flexibility index (Phi) is 5.60. The van der Waals surface area contributed by atoms with Gasteiger partial charge < -0.3 is 10.6 Å². The predicted octanol–water partition coefficient (Wildman–Crippen LogP) is 3.10. The Morgan fingerprint density at radius 2 is 1.89 bits per heavy atom. The Balaban J connectivity index is 2.77. The first kappa shape index (κ1) is 16.2. The minimum Gasteiger partial charge on any atom is -0.334 e. The molecule has 19 heavy (non-hydrogen) atoms. The largest absolute Gasteiger partial charge is 0.334 e. The van der Waals surface area contributed by atoms with Crippen molar-refractivity contribution in [2.24, 2.45) is 11.1 Å².